The highest BCUT2D eigenvalue weighted by Crippen LogP contribution is 2.11. The molecule has 0 saturated heterocycles. The standard InChI is InChI=1S/C18H29NO3/c1-4-5-6-7-8-9-10-11-12-19-15(3)13-14(2)16(17(19)20)18(21)22/h13H,4-12H2,1-3H3,(H,21,22). The maximum Gasteiger partial charge on any atom is 0.341 e. The van der Waals surface area contributed by atoms with Gasteiger partial charge in [-0.05, 0) is 31.9 Å². The Bertz CT molecular complexity index is 546. The van der Waals surface area contributed by atoms with Crippen LogP contribution in [-0.2, 0) is 6.54 Å². The van der Waals surface area contributed by atoms with Crippen molar-refractivity contribution >= 4 is 5.97 Å². The number of nitrogens with zero attached hydrogens (tertiary/aromatic N) is 1. The first kappa shape index (κ1) is 18.5. The van der Waals surface area contributed by atoms with Crippen LogP contribution in [0.25, 0.3) is 0 Å². The molecule has 4 heteroatoms. The average molecular weight is 307 g/mol. The lowest BCUT2D eigenvalue weighted by Gasteiger charge is -2.12. The number of carboxylic acid groups (broad SMARTS) is 1. The van der Waals surface area contributed by atoms with Crippen molar-refractivity contribution in [2.45, 2.75) is 78.7 Å². The summed E-state index contributed by atoms with van der Waals surface area (Å²) in [7, 11) is 0. The summed E-state index contributed by atoms with van der Waals surface area (Å²) in [5.41, 5.74) is 0.927. The molecule has 1 aromatic heterocycles. The molecule has 0 amide bonds. The first-order valence-corrected chi connectivity index (χ1v) is 8.43. The highest BCUT2D eigenvalue weighted by molar-refractivity contribution is 5.88. The van der Waals surface area contributed by atoms with Crippen LogP contribution in [0.5, 0.6) is 0 Å². The number of aryl methyl sites for hydroxylation is 2. The van der Waals surface area contributed by atoms with Gasteiger partial charge in [0.1, 0.15) is 5.56 Å². The summed E-state index contributed by atoms with van der Waals surface area (Å²) in [4.78, 5) is 23.5. The molecular weight excluding hydrogens is 278 g/mol. The summed E-state index contributed by atoms with van der Waals surface area (Å²) in [5, 5.41) is 9.16. The summed E-state index contributed by atoms with van der Waals surface area (Å²) >= 11 is 0. The maximum atomic E-state index is 12.3. The summed E-state index contributed by atoms with van der Waals surface area (Å²) in [6.45, 7) is 6.37. The monoisotopic (exact) mass is 307 g/mol. The molecule has 0 aromatic carbocycles. The molecule has 0 aliphatic heterocycles. The summed E-state index contributed by atoms with van der Waals surface area (Å²) in [5.74, 6) is -1.13. The smallest absolute Gasteiger partial charge is 0.341 e. The lowest BCUT2D eigenvalue weighted by Crippen LogP contribution is -2.29. The zero-order chi connectivity index (χ0) is 16.5. The number of unbranched alkanes of at least 4 members (excludes halogenated alkanes) is 7. The summed E-state index contributed by atoms with van der Waals surface area (Å²) in [6, 6.07) is 1.79. The van der Waals surface area contributed by atoms with Crippen molar-refractivity contribution in [2.75, 3.05) is 0 Å². The van der Waals surface area contributed by atoms with Crippen LogP contribution in [0.2, 0.25) is 0 Å². The molecule has 1 heterocycles. The van der Waals surface area contributed by atoms with E-state index < -0.39 is 5.97 Å². The van der Waals surface area contributed by atoms with Gasteiger partial charge in [-0.25, -0.2) is 4.79 Å². The molecule has 0 fully saturated rings. The summed E-state index contributed by atoms with van der Waals surface area (Å²) in [6.07, 6.45) is 9.65. The van der Waals surface area contributed by atoms with Gasteiger partial charge < -0.3 is 9.67 Å². The van der Waals surface area contributed by atoms with E-state index in [2.05, 4.69) is 6.92 Å². The van der Waals surface area contributed by atoms with E-state index in [1.165, 1.54) is 38.5 Å². The van der Waals surface area contributed by atoms with Crippen molar-refractivity contribution in [1.82, 2.24) is 4.57 Å². The molecule has 1 aromatic rings. The molecule has 0 aliphatic carbocycles. The predicted octanol–water partition coefficient (Wildman–Crippen LogP) is 4.30. The SMILES string of the molecule is CCCCCCCCCCn1c(C)cc(C)c(C(=O)O)c1=O. The van der Waals surface area contributed by atoms with Crippen LogP contribution in [-0.4, -0.2) is 15.6 Å². The average Bonchev–Trinajstić information content (AvgIpc) is 2.43. The molecule has 0 radical (unpaired) electrons. The Morgan fingerprint density at radius 2 is 1.59 bits per heavy atom. The van der Waals surface area contributed by atoms with Crippen LogP contribution in [0.1, 0.15) is 79.9 Å². The summed E-state index contributed by atoms with van der Waals surface area (Å²) < 4.78 is 1.60. The number of pyridine rings is 1. The van der Waals surface area contributed by atoms with Gasteiger partial charge >= 0.3 is 5.97 Å². The molecule has 0 unspecified atom stereocenters. The number of aromatic nitrogens is 1. The van der Waals surface area contributed by atoms with Crippen molar-refractivity contribution in [3.63, 3.8) is 0 Å². The topological polar surface area (TPSA) is 59.3 Å². The molecular formula is C18H29NO3. The Morgan fingerprint density at radius 1 is 1.05 bits per heavy atom. The van der Waals surface area contributed by atoms with E-state index in [-0.39, 0.29) is 11.1 Å². The Kier molecular flexibility index (Phi) is 7.92. The second-order valence-corrected chi connectivity index (χ2v) is 6.08. The van der Waals surface area contributed by atoms with Crippen LogP contribution in [0.3, 0.4) is 0 Å². The molecule has 124 valence electrons. The molecule has 0 atom stereocenters. The van der Waals surface area contributed by atoms with Gasteiger partial charge in [0.15, 0.2) is 0 Å². The third-order valence-electron chi connectivity index (χ3n) is 4.15. The Balaban J connectivity index is 2.51. The fraction of sp³-hybridized carbons (Fsp3) is 0.667. The Labute approximate surface area is 133 Å². The largest absolute Gasteiger partial charge is 0.477 e. The zero-order valence-corrected chi connectivity index (χ0v) is 14.2. The van der Waals surface area contributed by atoms with E-state index in [0.717, 1.165) is 18.5 Å². The van der Waals surface area contributed by atoms with Gasteiger partial charge in [-0.3, -0.25) is 4.79 Å². The van der Waals surface area contributed by atoms with Gasteiger partial charge in [-0.1, -0.05) is 51.9 Å². The van der Waals surface area contributed by atoms with Crippen LogP contribution in [0.4, 0.5) is 0 Å². The van der Waals surface area contributed by atoms with Crippen molar-refractivity contribution in [3.05, 3.63) is 33.2 Å². The highest BCUT2D eigenvalue weighted by atomic mass is 16.4. The molecule has 0 bridgehead atoms. The van der Waals surface area contributed by atoms with Gasteiger partial charge in [0.2, 0.25) is 0 Å². The first-order valence-electron chi connectivity index (χ1n) is 8.43. The third-order valence-corrected chi connectivity index (χ3v) is 4.15. The quantitative estimate of drug-likeness (QED) is 0.655. The third kappa shape index (κ3) is 5.32. The minimum Gasteiger partial charge on any atom is -0.477 e. The maximum absolute atomic E-state index is 12.3. The molecule has 1 N–H and O–H groups in total. The minimum absolute atomic E-state index is 0.0924. The molecule has 4 nitrogen and oxygen atoms in total. The molecule has 0 saturated carbocycles. The second kappa shape index (κ2) is 9.44. The van der Waals surface area contributed by atoms with Gasteiger partial charge in [-0.15, -0.1) is 0 Å². The van der Waals surface area contributed by atoms with Gasteiger partial charge in [0.05, 0.1) is 0 Å². The molecule has 0 aliphatic rings. The van der Waals surface area contributed by atoms with Crippen molar-refractivity contribution in [1.29, 1.82) is 0 Å². The van der Waals surface area contributed by atoms with Gasteiger partial charge in [0, 0.05) is 12.2 Å². The lowest BCUT2D eigenvalue weighted by molar-refractivity contribution is 0.0693. The van der Waals surface area contributed by atoms with Gasteiger partial charge in [-0.2, -0.15) is 0 Å². The highest BCUT2D eigenvalue weighted by Gasteiger charge is 2.16. The number of rotatable bonds is 10. The number of aromatic carboxylic acids is 1. The number of carbonyl (C=O) groups is 1. The number of hydrogen-bond donors (Lipinski definition) is 1. The van der Waals surface area contributed by atoms with Crippen molar-refractivity contribution in [2.24, 2.45) is 0 Å². The minimum atomic E-state index is -1.13. The number of hydrogen-bond acceptors (Lipinski definition) is 2. The normalized spacial score (nSPS) is 10.9. The lowest BCUT2D eigenvalue weighted by atomic mass is 10.1. The Morgan fingerprint density at radius 3 is 2.14 bits per heavy atom. The number of carboxylic acids is 1. The molecule has 1 rings (SSSR count). The zero-order valence-electron chi connectivity index (χ0n) is 14.2. The molecule has 22 heavy (non-hydrogen) atoms. The van der Waals surface area contributed by atoms with Crippen LogP contribution < -0.4 is 5.56 Å². The van der Waals surface area contributed by atoms with E-state index >= 15 is 0 Å². The molecule has 0 spiro atoms. The van der Waals surface area contributed by atoms with Crippen molar-refractivity contribution in [3.8, 4) is 0 Å². The van der Waals surface area contributed by atoms with E-state index in [4.69, 9.17) is 5.11 Å². The predicted molar refractivity (Wildman–Crippen MR) is 89.7 cm³/mol. The van der Waals surface area contributed by atoms with Crippen LogP contribution in [0.15, 0.2) is 10.9 Å². The van der Waals surface area contributed by atoms with E-state index in [1.807, 2.05) is 6.92 Å². The fourth-order valence-electron chi connectivity index (χ4n) is 2.87. The van der Waals surface area contributed by atoms with Crippen LogP contribution in [0, 0.1) is 13.8 Å². The van der Waals surface area contributed by atoms with Crippen LogP contribution >= 0.6 is 0 Å². The van der Waals surface area contributed by atoms with E-state index in [9.17, 15) is 9.59 Å². The Hall–Kier alpha value is -1.58. The van der Waals surface area contributed by atoms with E-state index in [1.54, 1.807) is 17.6 Å². The van der Waals surface area contributed by atoms with Gasteiger partial charge in [0.25, 0.3) is 5.56 Å². The van der Waals surface area contributed by atoms with E-state index in [0.29, 0.717) is 12.1 Å². The van der Waals surface area contributed by atoms with Crippen molar-refractivity contribution < 1.29 is 9.90 Å². The fourth-order valence-corrected chi connectivity index (χ4v) is 2.87. The first-order chi connectivity index (χ1) is 10.5. The second-order valence-electron chi connectivity index (χ2n) is 6.08.